The standard InChI is InChI=1S/C13H17ClN4/c1-9-5-4-6-16-11(9)7-15-8-12-13(14)10(2)17-18(12)3/h4-6,15H,7-8H2,1-3H3. The van der Waals surface area contributed by atoms with Crippen molar-refractivity contribution in [3.05, 3.63) is 46.0 Å². The van der Waals surface area contributed by atoms with Gasteiger partial charge in [-0.15, -0.1) is 0 Å². The Kier molecular flexibility index (Phi) is 3.99. The van der Waals surface area contributed by atoms with Gasteiger partial charge in [0, 0.05) is 26.3 Å². The first-order chi connectivity index (χ1) is 8.59. The average molecular weight is 265 g/mol. The quantitative estimate of drug-likeness (QED) is 0.922. The Labute approximate surface area is 112 Å². The number of rotatable bonds is 4. The van der Waals surface area contributed by atoms with Gasteiger partial charge in [0.15, 0.2) is 0 Å². The largest absolute Gasteiger partial charge is 0.305 e. The number of hydrogen-bond acceptors (Lipinski definition) is 3. The van der Waals surface area contributed by atoms with E-state index in [1.165, 1.54) is 5.56 Å². The van der Waals surface area contributed by atoms with E-state index in [1.54, 1.807) is 0 Å². The van der Waals surface area contributed by atoms with Crippen LogP contribution >= 0.6 is 11.6 Å². The van der Waals surface area contributed by atoms with Gasteiger partial charge in [-0.05, 0) is 25.5 Å². The highest BCUT2D eigenvalue weighted by Crippen LogP contribution is 2.19. The third-order valence-corrected chi connectivity index (χ3v) is 3.46. The van der Waals surface area contributed by atoms with Crippen LogP contribution in [0.5, 0.6) is 0 Å². The topological polar surface area (TPSA) is 42.7 Å². The Morgan fingerprint density at radius 3 is 2.72 bits per heavy atom. The SMILES string of the molecule is Cc1cccnc1CNCc1c(Cl)c(C)nn1C. The Morgan fingerprint density at radius 1 is 1.33 bits per heavy atom. The first-order valence-electron chi connectivity index (χ1n) is 5.88. The fourth-order valence-electron chi connectivity index (χ4n) is 1.87. The fraction of sp³-hybridized carbons (Fsp3) is 0.385. The van der Waals surface area contributed by atoms with Gasteiger partial charge in [0.1, 0.15) is 0 Å². The summed E-state index contributed by atoms with van der Waals surface area (Å²) in [7, 11) is 1.90. The molecular weight excluding hydrogens is 248 g/mol. The van der Waals surface area contributed by atoms with E-state index in [9.17, 15) is 0 Å². The summed E-state index contributed by atoms with van der Waals surface area (Å²) < 4.78 is 1.82. The molecule has 5 heteroatoms. The van der Waals surface area contributed by atoms with E-state index >= 15 is 0 Å². The van der Waals surface area contributed by atoms with Gasteiger partial charge in [0.25, 0.3) is 0 Å². The fourth-order valence-corrected chi connectivity index (χ4v) is 2.10. The molecule has 2 heterocycles. The maximum atomic E-state index is 6.19. The van der Waals surface area contributed by atoms with Crippen LogP contribution < -0.4 is 5.32 Å². The van der Waals surface area contributed by atoms with Gasteiger partial charge in [0.05, 0.1) is 22.1 Å². The molecule has 0 saturated carbocycles. The van der Waals surface area contributed by atoms with Crippen LogP contribution in [-0.4, -0.2) is 14.8 Å². The lowest BCUT2D eigenvalue weighted by molar-refractivity contribution is 0.617. The van der Waals surface area contributed by atoms with Crippen molar-refractivity contribution in [3.8, 4) is 0 Å². The highest BCUT2D eigenvalue weighted by molar-refractivity contribution is 6.31. The monoisotopic (exact) mass is 264 g/mol. The van der Waals surface area contributed by atoms with Gasteiger partial charge in [-0.25, -0.2) is 0 Å². The molecule has 0 aliphatic carbocycles. The predicted molar refractivity (Wildman–Crippen MR) is 72.5 cm³/mol. The molecule has 0 spiro atoms. The number of aryl methyl sites for hydroxylation is 3. The maximum Gasteiger partial charge on any atom is 0.0860 e. The first-order valence-corrected chi connectivity index (χ1v) is 6.26. The molecule has 1 N–H and O–H groups in total. The molecule has 96 valence electrons. The van der Waals surface area contributed by atoms with Gasteiger partial charge in [-0.2, -0.15) is 5.10 Å². The zero-order chi connectivity index (χ0) is 13.1. The van der Waals surface area contributed by atoms with Crippen molar-refractivity contribution in [1.82, 2.24) is 20.1 Å². The van der Waals surface area contributed by atoms with Crippen LogP contribution in [0.15, 0.2) is 18.3 Å². The highest BCUT2D eigenvalue weighted by atomic mass is 35.5. The molecule has 2 aromatic rings. The van der Waals surface area contributed by atoms with Gasteiger partial charge in [-0.1, -0.05) is 17.7 Å². The number of nitrogens with zero attached hydrogens (tertiary/aromatic N) is 3. The van der Waals surface area contributed by atoms with Crippen LogP contribution in [0.4, 0.5) is 0 Å². The zero-order valence-electron chi connectivity index (χ0n) is 10.9. The first kappa shape index (κ1) is 13.1. The number of aromatic nitrogens is 3. The number of hydrogen-bond donors (Lipinski definition) is 1. The average Bonchev–Trinajstić information content (AvgIpc) is 2.58. The van der Waals surface area contributed by atoms with Crippen LogP contribution in [0, 0.1) is 13.8 Å². The molecule has 0 fully saturated rings. The van der Waals surface area contributed by atoms with Gasteiger partial charge in [-0.3, -0.25) is 9.67 Å². The van der Waals surface area contributed by atoms with Crippen molar-refractivity contribution in [2.75, 3.05) is 0 Å². The molecule has 4 nitrogen and oxygen atoms in total. The van der Waals surface area contributed by atoms with Crippen molar-refractivity contribution in [1.29, 1.82) is 0 Å². The molecule has 2 aromatic heterocycles. The van der Waals surface area contributed by atoms with Crippen molar-refractivity contribution in [3.63, 3.8) is 0 Å². The van der Waals surface area contributed by atoms with Crippen LogP contribution in [0.3, 0.4) is 0 Å². The molecular formula is C13H17ClN4. The van der Waals surface area contributed by atoms with Crippen molar-refractivity contribution in [2.24, 2.45) is 7.05 Å². The van der Waals surface area contributed by atoms with E-state index in [0.29, 0.717) is 6.54 Å². The van der Waals surface area contributed by atoms with Crippen LogP contribution in [0.25, 0.3) is 0 Å². The summed E-state index contributed by atoms with van der Waals surface area (Å²) in [6.07, 6.45) is 1.81. The molecule has 18 heavy (non-hydrogen) atoms. The zero-order valence-corrected chi connectivity index (χ0v) is 11.6. The van der Waals surface area contributed by atoms with Crippen molar-refractivity contribution in [2.45, 2.75) is 26.9 Å². The summed E-state index contributed by atoms with van der Waals surface area (Å²) in [5.74, 6) is 0. The van der Waals surface area contributed by atoms with Gasteiger partial charge < -0.3 is 5.32 Å². The molecule has 0 aliphatic rings. The van der Waals surface area contributed by atoms with Crippen molar-refractivity contribution >= 4 is 11.6 Å². The maximum absolute atomic E-state index is 6.19. The molecule has 0 unspecified atom stereocenters. The van der Waals surface area contributed by atoms with E-state index in [2.05, 4.69) is 28.4 Å². The highest BCUT2D eigenvalue weighted by Gasteiger charge is 2.10. The lowest BCUT2D eigenvalue weighted by Crippen LogP contribution is -2.17. The second-order valence-electron chi connectivity index (χ2n) is 4.34. The molecule has 0 bridgehead atoms. The second-order valence-corrected chi connectivity index (χ2v) is 4.72. The Hall–Kier alpha value is -1.39. The normalized spacial score (nSPS) is 10.9. The molecule has 0 amide bonds. The van der Waals surface area contributed by atoms with E-state index < -0.39 is 0 Å². The van der Waals surface area contributed by atoms with Gasteiger partial charge >= 0.3 is 0 Å². The summed E-state index contributed by atoms with van der Waals surface area (Å²) in [6, 6.07) is 4.01. The predicted octanol–water partition coefficient (Wildman–Crippen LogP) is 2.38. The molecule has 0 atom stereocenters. The van der Waals surface area contributed by atoms with Crippen LogP contribution in [0.2, 0.25) is 5.02 Å². The van der Waals surface area contributed by atoms with Crippen molar-refractivity contribution < 1.29 is 0 Å². The lowest BCUT2D eigenvalue weighted by atomic mass is 10.2. The number of pyridine rings is 1. The Morgan fingerprint density at radius 2 is 2.11 bits per heavy atom. The Balaban J connectivity index is 1.99. The number of halogens is 1. The smallest absolute Gasteiger partial charge is 0.0860 e. The molecule has 0 aromatic carbocycles. The third kappa shape index (κ3) is 2.71. The minimum absolute atomic E-state index is 0.687. The van der Waals surface area contributed by atoms with E-state index in [0.717, 1.165) is 28.6 Å². The summed E-state index contributed by atoms with van der Waals surface area (Å²) >= 11 is 6.19. The van der Waals surface area contributed by atoms with E-state index in [4.69, 9.17) is 11.6 Å². The van der Waals surface area contributed by atoms with Gasteiger partial charge in [0.2, 0.25) is 0 Å². The lowest BCUT2D eigenvalue weighted by Gasteiger charge is -2.07. The summed E-state index contributed by atoms with van der Waals surface area (Å²) in [5.41, 5.74) is 4.12. The summed E-state index contributed by atoms with van der Waals surface area (Å²) in [6.45, 7) is 5.39. The minimum atomic E-state index is 0.687. The van der Waals surface area contributed by atoms with Crippen LogP contribution in [0.1, 0.15) is 22.6 Å². The van der Waals surface area contributed by atoms with E-state index in [-0.39, 0.29) is 0 Å². The summed E-state index contributed by atoms with van der Waals surface area (Å²) in [5, 5.41) is 8.37. The minimum Gasteiger partial charge on any atom is -0.305 e. The Bertz CT molecular complexity index is 548. The number of nitrogens with one attached hydrogen (secondary N) is 1. The third-order valence-electron chi connectivity index (χ3n) is 2.96. The second kappa shape index (κ2) is 5.50. The molecule has 0 radical (unpaired) electrons. The molecule has 0 aliphatic heterocycles. The molecule has 2 rings (SSSR count). The van der Waals surface area contributed by atoms with E-state index in [1.807, 2.05) is 30.9 Å². The summed E-state index contributed by atoms with van der Waals surface area (Å²) in [4.78, 5) is 4.34. The van der Waals surface area contributed by atoms with Crippen LogP contribution in [-0.2, 0) is 20.1 Å². The molecule has 0 saturated heterocycles.